The molecule has 1 saturated carbocycles. The van der Waals surface area contributed by atoms with Gasteiger partial charge in [0.1, 0.15) is 5.75 Å². The Kier molecular flexibility index (Phi) is 4.68. The van der Waals surface area contributed by atoms with Crippen molar-refractivity contribution in [1.82, 2.24) is 0 Å². The van der Waals surface area contributed by atoms with E-state index in [9.17, 15) is 0 Å². The summed E-state index contributed by atoms with van der Waals surface area (Å²) < 4.78 is 6.49. The summed E-state index contributed by atoms with van der Waals surface area (Å²) in [6, 6.07) is 6.23. The number of halogens is 1. The maximum atomic E-state index is 6.46. The van der Waals surface area contributed by atoms with Crippen LogP contribution >= 0.6 is 15.9 Å². The Morgan fingerprint density at radius 1 is 1.39 bits per heavy atom. The highest BCUT2D eigenvalue weighted by molar-refractivity contribution is 9.10. The predicted molar refractivity (Wildman–Crippen MR) is 78.7 cm³/mol. The van der Waals surface area contributed by atoms with E-state index in [0.29, 0.717) is 5.92 Å². The fourth-order valence-corrected chi connectivity index (χ4v) is 3.36. The lowest BCUT2D eigenvalue weighted by atomic mass is 9.77. The van der Waals surface area contributed by atoms with Crippen LogP contribution in [0.4, 0.5) is 0 Å². The fraction of sp³-hybridized carbons (Fsp3) is 0.600. The Balaban J connectivity index is 2.19. The third-order valence-corrected chi connectivity index (χ3v) is 4.53. The number of ether oxygens (including phenoxy) is 1. The maximum Gasteiger partial charge on any atom is 0.124 e. The molecule has 0 aliphatic heterocycles. The van der Waals surface area contributed by atoms with Crippen LogP contribution in [0.2, 0.25) is 0 Å². The minimum absolute atomic E-state index is 0.0933. The van der Waals surface area contributed by atoms with Crippen LogP contribution < -0.4 is 10.5 Å². The second-order valence-electron chi connectivity index (χ2n) is 5.44. The fourth-order valence-electron chi connectivity index (χ4n) is 3.02. The van der Waals surface area contributed by atoms with Gasteiger partial charge in [-0.15, -0.1) is 0 Å². The van der Waals surface area contributed by atoms with Crippen LogP contribution in [-0.4, -0.2) is 7.11 Å². The molecule has 3 unspecified atom stereocenters. The van der Waals surface area contributed by atoms with E-state index in [-0.39, 0.29) is 6.04 Å². The van der Waals surface area contributed by atoms with Crippen molar-refractivity contribution in [3.63, 3.8) is 0 Å². The summed E-state index contributed by atoms with van der Waals surface area (Å²) in [6.45, 7) is 2.33. The molecule has 1 aliphatic carbocycles. The second kappa shape index (κ2) is 6.07. The molecule has 3 atom stereocenters. The summed E-state index contributed by atoms with van der Waals surface area (Å²) in [5, 5.41) is 0. The van der Waals surface area contributed by atoms with Crippen LogP contribution in [0.25, 0.3) is 0 Å². The van der Waals surface area contributed by atoms with Gasteiger partial charge in [0.05, 0.1) is 7.11 Å². The predicted octanol–water partition coefficient (Wildman–Crippen LogP) is 4.28. The quantitative estimate of drug-likeness (QED) is 0.904. The molecule has 1 aliphatic rings. The molecular formula is C15H22BrNO. The number of benzene rings is 1. The van der Waals surface area contributed by atoms with Crippen LogP contribution in [0.3, 0.4) is 0 Å². The zero-order valence-electron chi connectivity index (χ0n) is 11.2. The number of rotatable bonds is 3. The van der Waals surface area contributed by atoms with Gasteiger partial charge in [0, 0.05) is 16.1 Å². The molecular weight excluding hydrogens is 290 g/mol. The molecule has 0 radical (unpaired) electrons. The normalized spacial score (nSPS) is 25.8. The summed E-state index contributed by atoms with van der Waals surface area (Å²) in [5.74, 6) is 2.29. The molecule has 0 amide bonds. The molecule has 1 aromatic rings. The van der Waals surface area contributed by atoms with Gasteiger partial charge in [-0.1, -0.05) is 41.8 Å². The van der Waals surface area contributed by atoms with Crippen LogP contribution in [-0.2, 0) is 0 Å². The molecule has 100 valence electrons. The zero-order valence-corrected chi connectivity index (χ0v) is 12.7. The number of methoxy groups -OCH3 is 1. The van der Waals surface area contributed by atoms with Crippen molar-refractivity contribution in [2.24, 2.45) is 17.6 Å². The van der Waals surface area contributed by atoms with E-state index in [2.05, 4.69) is 28.9 Å². The molecule has 0 saturated heterocycles. The minimum Gasteiger partial charge on any atom is -0.496 e. The van der Waals surface area contributed by atoms with Crippen molar-refractivity contribution in [3.8, 4) is 5.75 Å². The van der Waals surface area contributed by atoms with Crippen LogP contribution in [0.1, 0.15) is 44.2 Å². The van der Waals surface area contributed by atoms with Crippen molar-refractivity contribution in [1.29, 1.82) is 0 Å². The van der Waals surface area contributed by atoms with E-state index in [0.717, 1.165) is 21.7 Å². The van der Waals surface area contributed by atoms with E-state index in [1.165, 1.54) is 25.7 Å². The summed E-state index contributed by atoms with van der Waals surface area (Å²) in [5.41, 5.74) is 7.60. The molecule has 2 N–H and O–H groups in total. The van der Waals surface area contributed by atoms with Gasteiger partial charge in [0.2, 0.25) is 0 Å². The van der Waals surface area contributed by atoms with Crippen molar-refractivity contribution in [2.45, 2.75) is 38.6 Å². The van der Waals surface area contributed by atoms with Gasteiger partial charge >= 0.3 is 0 Å². The number of hydrogen-bond donors (Lipinski definition) is 1. The average molecular weight is 312 g/mol. The SMILES string of the molecule is COc1cc(Br)ccc1C(N)C1CCCC(C)C1. The smallest absolute Gasteiger partial charge is 0.124 e. The Hall–Kier alpha value is -0.540. The monoisotopic (exact) mass is 311 g/mol. The van der Waals surface area contributed by atoms with Crippen molar-refractivity contribution in [2.75, 3.05) is 7.11 Å². The zero-order chi connectivity index (χ0) is 13.1. The van der Waals surface area contributed by atoms with Crippen LogP contribution in [0, 0.1) is 11.8 Å². The largest absolute Gasteiger partial charge is 0.496 e. The average Bonchev–Trinajstić information content (AvgIpc) is 2.37. The van der Waals surface area contributed by atoms with Crippen LogP contribution in [0.5, 0.6) is 5.75 Å². The molecule has 18 heavy (non-hydrogen) atoms. The Morgan fingerprint density at radius 2 is 2.17 bits per heavy atom. The molecule has 2 nitrogen and oxygen atoms in total. The number of nitrogens with two attached hydrogens (primary N) is 1. The third-order valence-electron chi connectivity index (χ3n) is 4.04. The standard InChI is InChI=1S/C15H22BrNO/c1-10-4-3-5-11(8-10)15(17)13-7-6-12(16)9-14(13)18-2/h6-7,9-11,15H,3-5,8,17H2,1-2H3. The summed E-state index contributed by atoms with van der Waals surface area (Å²) in [4.78, 5) is 0. The lowest BCUT2D eigenvalue weighted by Crippen LogP contribution is -2.26. The molecule has 1 aromatic carbocycles. The molecule has 0 heterocycles. The van der Waals surface area contributed by atoms with E-state index in [4.69, 9.17) is 10.5 Å². The molecule has 1 fully saturated rings. The van der Waals surface area contributed by atoms with Gasteiger partial charge in [-0.25, -0.2) is 0 Å². The highest BCUT2D eigenvalue weighted by Crippen LogP contribution is 2.39. The maximum absolute atomic E-state index is 6.46. The van der Waals surface area contributed by atoms with Gasteiger partial charge in [0.15, 0.2) is 0 Å². The first kappa shape index (κ1) is 13.9. The van der Waals surface area contributed by atoms with Crippen molar-refractivity contribution in [3.05, 3.63) is 28.2 Å². The highest BCUT2D eigenvalue weighted by Gasteiger charge is 2.27. The third kappa shape index (κ3) is 3.07. The second-order valence-corrected chi connectivity index (χ2v) is 6.36. The Bertz CT molecular complexity index is 407. The summed E-state index contributed by atoms with van der Waals surface area (Å²) >= 11 is 3.47. The lowest BCUT2D eigenvalue weighted by molar-refractivity contribution is 0.245. The molecule has 0 bridgehead atoms. The molecule has 3 heteroatoms. The van der Waals surface area contributed by atoms with E-state index < -0.39 is 0 Å². The minimum atomic E-state index is 0.0933. The van der Waals surface area contributed by atoms with Gasteiger partial charge in [-0.3, -0.25) is 0 Å². The lowest BCUT2D eigenvalue weighted by Gasteiger charge is -2.32. The molecule has 2 rings (SSSR count). The van der Waals surface area contributed by atoms with Gasteiger partial charge in [-0.05, 0) is 36.8 Å². The summed E-state index contributed by atoms with van der Waals surface area (Å²) in [6.07, 6.45) is 5.13. The van der Waals surface area contributed by atoms with E-state index in [1.807, 2.05) is 12.1 Å². The van der Waals surface area contributed by atoms with Gasteiger partial charge in [0.25, 0.3) is 0 Å². The van der Waals surface area contributed by atoms with Gasteiger partial charge < -0.3 is 10.5 Å². The first-order valence-corrected chi connectivity index (χ1v) is 7.50. The van der Waals surface area contributed by atoms with Crippen molar-refractivity contribution < 1.29 is 4.74 Å². The molecule has 0 spiro atoms. The van der Waals surface area contributed by atoms with Crippen LogP contribution in [0.15, 0.2) is 22.7 Å². The molecule has 0 aromatic heterocycles. The first-order valence-electron chi connectivity index (χ1n) is 6.71. The van der Waals surface area contributed by atoms with Gasteiger partial charge in [-0.2, -0.15) is 0 Å². The first-order chi connectivity index (χ1) is 8.61. The Labute approximate surface area is 118 Å². The van der Waals surface area contributed by atoms with E-state index in [1.54, 1.807) is 7.11 Å². The topological polar surface area (TPSA) is 35.2 Å². The highest BCUT2D eigenvalue weighted by atomic mass is 79.9. The van der Waals surface area contributed by atoms with Crippen molar-refractivity contribution >= 4 is 15.9 Å². The summed E-state index contributed by atoms with van der Waals surface area (Å²) in [7, 11) is 1.71. The number of hydrogen-bond acceptors (Lipinski definition) is 2. The Morgan fingerprint density at radius 3 is 2.83 bits per heavy atom. The van der Waals surface area contributed by atoms with E-state index >= 15 is 0 Å².